The van der Waals surface area contributed by atoms with Gasteiger partial charge >= 0.3 is 0 Å². The zero-order valence-electron chi connectivity index (χ0n) is 17.6. The monoisotopic (exact) mass is 420 g/mol. The Hall–Kier alpha value is -3.38. The number of anilines is 2. The SMILES string of the molecule is COc1ccc(N2CC[NH+]([C@H](C(=O)Nc3ccc(F)cc3)c3ccccc3)CC2)cc1. The Morgan fingerprint density at radius 1 is 0.968 bits per heavy atom. The summed E-state index contributed by atoms with van der Waals surface area (Å²) < 4.78 is 18.5. The number of amides is 1. The number of rotatable bonds is 6. The van der Waals surface area contributed by atoms with Crippen molar-refractivity contribution in [3.63, 3.8) is 0 Å². The van der Waals surface area contributed by atoms with Gasteiger partial charge in [-0.2, -0.15) is 0 Å². The maximum Gasteiger partial charge on any atom is 0.287 e. The van der Waals surface area contributed by atoms with Crippen LogP contribution in [0, 0.1) is 5.82 Å². The van der Waals surface area contributed by atoms with Crippen LogP contribution in [0.1, 0.15) is 11.6 Å². The molecule has 0 aromatic heterocycles. The van der Waals surface area contributed by atoms with Crippen molar-refractivity contribution in [3.8, 4) is 5.75 Å². The molecule has 0 bridgehead atoms. The van der Waals surface area contributed by atoms with Crippen LogP contribution in [0.4, 0.5) is 15.8 Å². The standard InChI is InChI=1S/C25H26FN3O2/c1-31-23-13-11-22(12-14-23)28-15-17-29(18-16-28)24(19-5-3-2-4-6-19)25(30)27-21-9-7-20(26)8-10-21/h2-14,24H,15-18H2,1H3,(H,27,30)/p+1/t24-/m0/s1. The van der Waals surface area contributed by atoms with Crippen LogP contribution in [0.3, 0.4) is 0 Å². The van der Waals surface area contributed by atoms with Gasteiger partial charge in [0.2, 0.25) is 0 Å². The quantitative estimate of drug-likeness (QED) is 0.645. The predicted molar refractivity (Wildman–Crippen MR) is 120 cm³/mol. The topological polar surface area (TPSA) is 46.0 Å². The van der Waals surface area contributed by atoms with Crippen LogP contribution in [0.15, 0.2) is 78.9 Å². The number of carbonyl (C=O) groups is 1. The second kappa shape index (κ2) is 9.62. The molecular formula is C25H27FN3O2+. The predicted octanol–water partition coefficient (Wildman–Crippen LogP) is 2.92. The first kappa shape index (κ1) is 20.9. The molecule has 1 fully saturated rings. The fourth-order valence-electron chi connectivity index (χ4n) is 4.10. The van der Waals surface area contributed by atoms with Crippen molar-refractivity contribution >= 4 is 17.3 Å². The summed E-state index contributed by atoms with van der Waals surface area (Å²) in [6, 6.07) is 23.5. The molecule has 3 aromatic carbocycles. The van der Waals surface area contributed by atoms with Gasteiger partial charge in [0, 0.05) is 16.9 Å². The molecule has 0 spiro atoms. The van der Waals surface area contributed by atoms with Crippen molar-refractivity contribution in [1.29, 1.82) is 0 Å². The summed E-state index contributed by atoms with van der Waals surface area (Å²) in [7, 11) is 1.66. The van der Waals surface area contributed by atoms with E-state index in [9.17, 15) is 9.18 Å². The molecule has 0 aliphatic carbocycles. The number of ether oxygens (including phenoxy) is 1. The molecular weight excluding hydrogens is 393 g/mol. The third-order valence-electron chi connectivity index (χ3n) is 5.76. The van der Waals surface area contributed by atoms with E-state index in [2.05, 4.69) is 22.3 Å². The van der Waals surface area contributed by atoms with Crippen LogP contribution in [-0.4, -0.2) is 39.2 Å². The highest BCUT2D eigenvalue weighted by Gasteiger charge is 2.34. The minimum absolute atomic E-state index is 0.0781. The summed E-state index contributed by atoms with van der Waals surface area (Å²) in [6.07, 6.45) is 0. The molecule has 31 heavy (non-hydrogen) atoms. The van der Waals surface area contributed by atoms with Gasteiger partial charge in [-0.05, 0) is 48.5 Å². The third kappa shape index (κ3) is 5.03. The molecule has 2 N–H and O–H groups in total. The maximum absolute atomic E-state index is 13.3. The number of nitrogens with zero attached hydrogens (tertiary/aromatic N) is 1. The van der Waals surface area contributed by atoms with Gasteiger partial charge in [-0.25, -0.2) is 4.39 Å². The molecule has 1 heterocycles. The molecule has 1 amide bonds. The zero-order chi connectivity index (χ0) is 21.6. The van der Waals surface area contributed by atoms with Crippen molar-refractivity contribution in [2.75, 3.05) is 43.5 Å². The summed E-state index contributed by atoms with van der Waals surface area (Å²) in [5.74, 6) is 0.443. The molecule has 1 aliphatic rings. The van der Waals surface area contributed by atoms with E-state index in [1.807, 2.05) is 42.5 Å². The first-order valence-electron chi connectivity index (χ1n) is 10.5. The van der Waals surface area contributed by atoms with Crippen molar-refractivity contribution in [2.24, 2.45) is 0 Å². The lowest BCUT2D eigenvalue weighted by Gasteiger charge is -2.37. The molecule has 5 nitrogen and oxygen atoms in total. The molecule has 3 aromatic rings. The van der Waals surface area contributed by atoms with Crippen LogP contribution < -0.4 is 19.9 Å². The highest BCUT2D eigenvalue weighted by molar-refractivity contribution is 5.94. The fraction of sp³-hybridized carbons (Fsp3) is 0.240. The molecule has 0 radical (unpaired) electrons. The Labute approximate surface area is 182 Å². The van der Waals surface area contributed by atoms with Crippen molar-refractivity contribution in [3.05, 3.63) is 90.2 Å². The molecule has 160 valence electrons. The molecule has 1 atom stereocenters. The van der Waals surface area contributed by atoms with Gasteiger partial charge in [-0.1, -0.05) is 30.3 Å². The van der Waals surface area contributed by atoms with E-state index in [1.165, 1.54) is 17.0 Å². The molecule has 4 rings (SSSR count). The second-order valence-electron chi connectivity index (χ2n) is 7.68. The first-order chi connectivity index (χ1) is 15.1. The summed E-state index contributed by atoms with van der Waals surface area (Å²) in [5, 5.41) is 2.97. The van der Waals surface area contributed by atoms with E-state index in [0.717, 1.165) is 43.2 Å². The molecule has 1 saturated heterocycles. The number of nitrogens with one attached hydrogen (secondary N) is 2. The van der Waals surface area contributed by atoms with Crippen molar-refractivity contribution in [1.82, 2.24) is 0 Å². The number of methoxy groups -OCH3 is 1. The van der Waals surface area contributed by atoms with Gasteiger partial charge in [0.25, 0.3) is 5.91 Å². The lowest BCUT2D eigenvalue weighted by Crippen LogP contribution is -3.16. The van der Waals surface area contributed by atoms with Gasteiger partial charge in [0.15, 0.2) is 6.04 Å². The van der Waals surface area contributed by atoms with E-state index in [-0.39, 0.29) is 17.8 Å². The van der Waals surface area contributed by atoms with Crippen molar-refractivity contribution in [2.45, 2.75) is 6.04 Å². The van der Waals surface area contributed by atoms with E-state index in [0.29, 0.717) is 5.69 Å². The Bertz CT molecular complexity index is 986. The second-order valence-corrected chi connectivity index (χ2v) is 7.68. The van der Waals surface area contributed by atoms with Gasteiger partial charge in [0.05, 0.1) is 33.3 Å². The summed E-state index contributed by atoms with van der Waals surface area (Å²) in [4.78, 5) is 16.8. The number of piperazine rings is 1. The minimum atomic E-state index is -0.329. The number of hydrogen-bond acceptors (Lipinski definition) is 3. The normalized spacial score (nSPS) is 15.4. The number of carbonyl (C=O) groups excluding carboxylic acids is 1. The molecule has 1 aliphatic heterocycles. The van der Waals surface area contributed by atoms with Gasteiger partial charge in [0.1, 0.15) is 11.6 Å². The molecule has 0 unspecified atom stereocenters. The van der Waals surface area contributed by atoms with Crippen LogP contribution in [0.25, 0.3) is 0 Å². The Balaban J connectivity index is 1.48. The first-order valence-corrected chi connectivity index (χ1v) is 10.5. The van der Waals surface area contributed by atoms with Crippen LogP contribution >= 0.6 is 0 Å². The lowest BCUT2D eigenvalue weighted by atomic mass is 10.0. The van der Waals surface area contributed by atoms with Crippen molar-refractivity contribution < 1.29 is 18.8 Å². The van der Waals surface area contributed by atoms with Gasteiger partial charge in [-0.15, -0.1) is 0 Å². The largest absolute Gasteiger partial charge is 0.497 e. The highest BCUT2D eigenvalue weighted by Crippen LogP contribution is 2.20. The molecule has 0 saturated carbocycles. The molecule has 6 heteroatoms. The zero-order valence-corrected chi connectivity index (χ0v) is 17.6. The van der Waals surface area contributed by atoms with E-state index in [1.54, 1.807) is 19.2 Å². The number of hydrogen-bond donors (Lipinski definition) is 2. The third-order valence-corrected chi connectivity index (χ3v) is 5.76. The van der Waals surface area contributed by atoms with E-state index < -0.39 is 0 Å². The van der Waals surface area contributed by atoms with Gasteiger partial charge in [-0.3, -0.25) is 4.79 Å². The minimum Gasteiger partial charge on any atom is -0.497 e. The number of quaternary nitrogens is 1. The lowest BCUT2D eigenvalue weighted by molar-refractivity contribution is -0.922. The number of halogens is 1. The Morgan fingerprint density at radius 2 is 1.61 bits per heavy atom. The highest BCUT2D eigenvalue weighted by atomic mass is 19.1. The smallest absolute Gasteiger partial charge is 0.287 e. The van der Waals surface area contributed by atoms with Crippen LogP contribution in [0.5, 0.6) is 5.75 Å². The van der Waals surface area contributed by atoms with E-state index in [4.69, 9.17) is 4.74 Å². The van der Waals surface area contributed by atoms with E-state index >= 15 is 0 Å². The summed E-state index contributed by atoms with van der Waals surface area (Å²) >= 11 is 0. The summed E-state index contributed by atoms with van der Waals surface area (Å²) in [6.45, 7) is 3.38. The average molecular weight is 421 g/mol. The average Bonchev–Trinajstić information content (AvgIpc) is 2.82. The summed E-state index contributed by atoms with van der Waals surface area (Å²) in [5.41, 5.74) is 2.74. The fourth-order valence-corrected chi connectivity index (χ4v) is 4.10. The number of benzene rings is 3. The van der Waals surface area contributed by atoms with Gasteiger partial charge < -0.3 is 19.9 Å². The van der Waals surface area contributed by atoms with Crippen LogP contribution in [0.2, 0.25) is 0 Å². The van der Waals surface area contributed by atoms with Crippen LogP contribution in [-0.2, 0) is 4.79 Å². The maximum atomic E-state index is 13.3. The Morgan fingerprint density at radius 3 is 2.23 bits per heavy atom. The Kier molecular flexibility index (Phi) is 6.48.